The number of urea groups is 1. The highest BCUT2D eigenvalue weighted by atomic mass is 16.2. The van der Waals surface area contributed by atoms with Gasteiger partial charge in [-0.2, -0.15) is 0 Å². The number of nitrogens with one attached hydrogen (secondary N) is 1. The predicted molar refractivity (Wildman–Crippen MR) is 114 cm³/mol. The molecule has 1 aromatic carbocycles. The summed E-state index contributed by atoms with van der Waals surface area (Å²) in [5, 5.41) is 2.84. The van der Waals surface area contributed by atoms with Gasteiger partial charge in [0.2, 0.25) is 5.91 Å². The van der Waals surface area contributed by atoms with Gasteiger partial charge in [0.05, 0.1) is 0 Å². The lowest BCUT2D eigenvalue weighted by Crippen LogP contribution is -2.46. The molecule has 1 N–H and O–H groups in total. The van der Waals surface area contributed by atoms with Crippen molar-refractivity contribution in [1.82, 2.24) is 15.1 Å². The lowest BCUT2D eigenvalue weighted by Gasteiger charge is -2.27. The summed E-state index contributed by atoms with van der Waals surface area (Å²) in [7, 11) is 0. The van der Waals surface area contributed by atoms with E-state index in [4.69, 9.17) is 0 Å². The van der Waals surface area contributed by atoms with Crippen molar-refractivity contribution >= 4 is 17.8 Å². The Morgan fingerprint density at radius 2 is 1.59 bits per heavy atom. The largest absolute Gasteiger partial charge is 0.341 e. The van der Waals surface area contributed by atoms with Gasteiger partial charge in [0.25, 0.3) is 5.91 Å². The number of rotatable bonds is 10. The van der Waals surface area contributed by atoms with Crippen LogP contribution in [0.25, 0.3) is 0 Å². The highest BCUT2D eigenvalue weighted by Gasteiger charge is 2.51. The molecule has 1 aliphatic heterocycles. The molecule has 0 unspecified atom stereocenters. The first-order valence-corrected chi connectivity index (χ1v) is 10.7. The third-order valence-electron chi connectivity index (χ3n) is 5.57. The summed E-state index contributed by atoms with van der Waals surface area (Å²) in [6.45, 7) is 11.4. The van der Waals surface area contributed by atoms with E-state index >= 15 is 0 Å². The molecule has 1 aliphatic rings. The number of amides is 4. The van der Waals surface area contributed by atoms with Gasteiger partial charge in [0.15, 0.2) is 0 Å². The Morgan fingerprint density at radius 3 is 2.07 bits per heavy atom. The number of carbonyl (C=O) groups is 3. The van der Waals surface area contributed by atoms with Crippen LogP contribution in [0.4, 0.5) is 4.79 Å². The summed E-state index contributed by atoms with van der Waals surface area (Å²) in [6.07, 6.45) is 2.22. The Bertz CT molecular complexity index is 705. The Balaban J connectivity index is 2.17. The molecule has 1 aromatic rings. The van der Waals surface area contributed by atoms with Gasteiger partial charge in [-0.05, 0) is 36.7 Å². The normalized spacial score (nSPS) is 19.2. The molecule has 0 aliphatic carbocycles. The summed E-state index contributed by atoms with van der Waals surface area (Å²) >= 11 is 0. The van der Waals surface area contributed by atoms with Crippen LogP contribution in [0.3, 0.4) is 0 Å². The number of nitrogens with zero attached hydrogens (tertiary/aromatic N) is 2. The zero-order chi connectivity index (χ0) is 21.6. The molecule has 0 spiro atoms. The first-order chi connectivity index (χ1) is 13.7. The first-order valence-electron chi connectivity index (χ1n) is 10.7. The van der Waals surface area contributed by atoms with Crippen molar-refractivity contribution in [3.8, 4) is 0 Å². The third-order valence-corrected chi connectivity index (χ3v) is 5.57. The molecule has 4 amide bonds. The predicted octanol–water partition coefficient (Wildman–Crippen LogP) is 3.76. The fourth-order valence-electron chi connectivity index (χ4n) is 3.56. The minimum atomic E-state index is -1.10. The first kappa shape index (κ1) is 22.9. The molecule has 1 fully saturated rings. The standard InChI is InChI=1S/C23H35N3O3/c1-6-23(19-10-8-7-9-11-19)21(28)26(22(29)24-23)16-20(27)25(14-12-17(2)3)15-13-18(4)5/h7-11,17-18H,6,12-16H2,1-5H3,(H,24,29)/t23-/m0/s1. The summed E-state index contributed by atoms with van der Waals surface area (Å²) in [5.74, 6) is 0.436. The second kappa shape index (κ2) is 9.90. The fraction of sp³-hybridized carbons (Fsp3) is 0.609. The van der Waals surface area contributed by atoms with E-state index in [2.05, 4.69) is 33.0 Å². The number of hydrogen-bond donors (Lipinski definition) is 1. The Labute approximate surface area is 174 Å². The molecule has 0 aromatic heterocycles. The highest BCUT2D eigenvalue weighted by molar-refractivity contribution is 6.09. The number of imide groups is 1. The van der Waals surface area contributed by atoms with Gasteiger partial charge in [-0.15, -0.1) is 0 Å². The lowest BCUT2D eigenvalue weighted by molar-refractivity contribution is -0.139. The van der Waals surface area contributed by atoms with Crippen LogP contribution in [0.2, 0.25) is 0 Å². The number of carbonyl (C=O) groups excluding carboxylic acids is 3. The van der Waals surface area contributed by atoms with E-state index in [1.54, 1.807) is 4.90 Å². The lowest BCUT2D eigenvalue weighted by atomic mass is 9.87. The van der Waals surface area contributed by atoms with Crippen LogP contribution in [-0.2, 0) is 15.1 Å². The van der Waals surface area contributed by atoms with Crippen LogP contribution < -0.4 is 5.32 Å². The van der Waals surface area contributed by atoms with Crippen molar-refractivity contribution in [2.45, 2.75) is 59.4 Å². The molecule has 29 heavy (non-hydrogen) atoms. The van der Waals surface area contributed by atoms with Crippen molar-refractivity contribution < 1.29 is 14.4 Å². The van der Waals surface area contributed by atoms with E-state index in [0.29, 0.717) is 31.3 Å². The van der Waals surface area contributed by atoms with Gasteiger partial charge >= 0.3 is 6.03 Å². The Kier molecular flexibility index (Phi) is 7.82. The molecule has 1 saturated heterocycles. The molecule has 0 bridgehead atoms. The molecular formula is C23H35N3O3. The Morgan fingerprint density at radius 1 is 1.03 bits per heavy atom. The number of hydrogen-bond acceptors (Lipinski definition) is 3. The number of benzene rings is 1. The van der Waals surface area contributed by atoms with Crippen LogP contribution in [0.1, 0.15) is 59.4 Å². The molecule has 0 radical (unpaired) electrons. The average Bonchev–Trinajstić information content (AvgIpc) is 2.93. The zero-order valence-electron chi connectivity index (χ0n) is 18.4. The van der Waals surface area contributed by atoms with Crippen LogP contribution in [-0.4, -0.2) is 47.3 Å². The summed E-state index contributed by atoms with van der Waals surface area (Å²) in [5.41, 5.74) is -0.355. The molecule has 6 nitrogen and oxygen atoms in total. The second-order valence-electron chi connectivity index (χ2n) is 8.69. The van der Waals surface area contributed by atoms with Crippen molar-refractivity contribution in [2.24, 2.45) is 11.8 Å². The summed E-state index contributed by atoms with van der Waals surface area (Å²) in [4.78, 5) is 41.8. The minimum absolute atomic E-state index is 0.172. The molecule has 6 heteroatoms. The van der Waals surface area contributed by atoms with E-state index in [1.807, 2.05) is 37.3 Å². The van der Waals surface area contributed by atoms with Crippen LogP contribution >= 0.6 is 0 Å². The van der Waals surface area contributed by atoms with E-state index in [9.17, 15) is 14.4 Å². The zero-order valence-corrected chi connectivity index (χ0v) is 18.4. The SMILES string of the molecule is CC[C@@]1(c2ccccc2)NC(=O)N(CC(=O)N(CCC(C)C)CCC(C)C)C1=O. The molecule has 160 valence electrons. The van der Waals surface area contributed by atoms with E-state index in [1.165, 1.54) is 0 Å². The third kappa shape index (κ3) is 5.37. The van der Waals surface area contributed by atoms with Gasteiger partial charge in [-0.25, -0.2) is 4.79 Å². The van der Waals surface area contributed by atoms with Gasteiger partial charge < -0.3 is 10.2 Å². The van der Waals surface area contributed by atoms with Crippen molar-refractivity contribution in [3.63, 3.8) is 0 Å². The maximum atomic E-state index is 13.2. The van der Waals surface area contributed by atoms with E-state index < -0.39 is 11.6 Å². The molecule has 1 heterocycles. The average molecular weight is 402 g/mol. The smallest absolute Gasteiger partial charge is 0.325 e. The molecule has 2 rings (SSSR count). The quantitative estimate of drug-likeness (QED) is 0.607. The maximum Gasteiger partial charge on any atom is 0.325 e. The molecule has 0 saturated carbocycles. The Hall–Kier alpha value is -2.37. The van der Waals surface area contributed by atoms with E-state index in [0.717, 1.165) is 23.3 Å². The minimum Gasteiger partial charge on any atom is -0.341 e. The van der Waals surface area contributed by atoms with Crippen molar-refractivity contribution in [1.29, 1.82) is 0 Å². The molecular weight excluding hydrogens is 366 g/mol. The topological polar surface area (TPSA) is 69.7 Å². The summed E-state index contributed by atoms with van der Waals surface area (Å²) in [6, 6.07) is 8.74. The fourth-order valence-corrected chi connectivity index (χ4v) is 3.56. The monoisotopic (exact) mass is 401 g/mol. The highest BCUT2D eigenvalue weighted by Crippen LogP contribution is 2.32. The van der Waals surface area contributed by atoms with Crippen molar-refractivity contribution in [2.75, 3.05) is 19.6 Å². The van der Waals surface area contributed by atoms with Gasteiger partial charge in [-0.1, -0.05) is 65.0 Å². The maximum absolute atomic E-state index is 13.2. The van der Waals surface area contributed by atoms with Crippen LogP contribution in [0, 0.1) is 11.8 Å². The van der Waals surface area contributed by atoms with E-state index in [-0.39, 0.29) is 18.4 Å². The summed E-state index contributed by atoms with van der Waals surface area (Å²) < 4.78 is 0. The van der Waals surface area contributed by atoms with Crippen LogP contribution in [0.15, 0.2) is 30.3 Å². The van der Waals surface area contributed by atoms with Gasteiger partial charge in [0.1, 0.15) is 12.1 Å². The molecule has 1 atom stereocenters. The second-order valence-corrected chi connectivity index (χ2v) is 8.69. The van der Waals surface area contributed by atoms with Crippen LogP contribution in [0.5, 0.6) is 0 Å². The van der Waals surface area contributed by atoms with Gasteiger partial charge in [-0.3, -0.25) is 14.5 Å². The van der Waals surface area contributed by atoms with Gasteiger partial charge in [0, 0.05) is 13.1 Å². The van der Waals surface area contributed by atoms with Crippen molar-refractivity contribution in [3.05, 3.63) is 35.9 Å².